The van der Waals surface area contributed by atoms with E-state index >= 15 is 0 Å². The first-order valence-corrected chi connectivity index (χ1v) is 9.87. The second-order valence-corrected chi connectivity index (χ2v) is 8.03. The van der Waals surface area contributed by atoms with Crippen LogP contribution in [-0.4, -0.2) is 30.9 Å². The Hall–Kier alpha value is -3.13. The minimum atomic E-state index is -0.253. The number of hydrogen-bond donors (Lipinski definition) is 1. The van der Waals surface area contributed by atoms with Gasteiger partial charge in [-0.2, -0.15) is 5.10 Å². The van der Waals surface area contributed by atoms with Crippen LogP contribution in [-0.2, 0) is 6.42 Å². The molecule has 3 aromatic heterocycles. The maximum Gasteiger partial charge on any atom is 0.260 e. The Morgan fingerprint density at radius 2 is 2.00 bits per heavy atom. The van der Waals surface area contributed by atoms with Crippen molar-refractivity contribution in [1.29, 1.82) is 0 Å². The van der Waals surface area contributed by atoms with Gasteiger partial charge in [0, 0.05) is 11.8 Å². The molecule has 1 amide bonds. The highest BCUT2D eigenvalue weighted by Gasteiger charge is 2.18. The zero-order valence-corrected chi connectivity index (χ0v) is 16.7. The summed E-state index contributed by atoms with van der Waals surface area (Å²) in [6.45, 7) is 6.10. The number of carbonyl (C=O) groups excluding carboxylic acids is 1. The van der Waals surface area contributed by atoms with Gasteiger partial charge in [-0.15, -0.1) is 10.2 Å². The molecule has 0 aliphatic carbocycles. The van der Waals surface area contributed by atoms with E-state index in [0.29, 0.717) is 28.1 Å². The number of nitrogens with one attached hydrogen (secondary N) is 1. The van der Waals surface area contributed by atoms with Gasteiger partial charge in [0.05, 0.1) is 23.0 Å². The number of aromatic nitrogens is 5. The molecule has 28 heavy (non-hydrogen) atoms. The highest BCUT2D eigenvalue weighted by Crippen LogP contribution is 2.21. The van der Waals surface area contributed by atoms with E-state index in [9.17, 15) is 4.79 Å². The van der Waals surface area contributed by atoms with Gasteiger partial charge in [0.1, 0.15) is 5.01 Å². The number of nitrogens with zero attached hydrogens (tertiary/aromatic N) is 5. The van der Waals surface area contributed by atoms with Crippen molar-refractivity contribution in [3.05, 3.63) is 58.9 Å². The molecule has 1 aromatic carbocycles. The zero-order valence-electron chi connectivity index (χ0n) is 15.9. The number of carbonyl (C=O) groups is 1. The predicted molar refractivity (Wildman–Crippen MR) is 110 cm³/mol. The Kier molecular flexibility index (Phi) is 4.87. The smallest absolute Gasteiger partial charge is 0.260 e. The van der Waals surface area contributed by atoms with Crippen LogP contribution in [0.3, 0.4) is 0 Å². The quantitative estimate of drug-likeness (QED) is 0.554. The van der Waals surface area contributed by atoms with Crippen LogP contribution >= 0.6 is 11.3 Å². The van der Waals surface area contributed by atoms with E-state index in [1.165, 1.54) is 11.3 Å². The van der Waals surface area contributed by atoms with Gasteiger partial charge >= 0.3 is 0 Å². The van der Waals surface area contributed by atoms with E-state index < -0.39 is 0 Å². The van der Waals surface area contributed by atoms with Crippen molar-refractivity contribution >= 4 is 33.3 Å². The Morgan fingerprint density at radius 3 is 2.82 bits per heavy atom. The van der Waals surface area contributed by atoms with Gasteiger partial charge in [-0.3, -0.25) is 10.1 Å². The Bertz CT molecular complexity index is 1150. The molecule has 8 heteroatoms. The fourth-order valence-electron chi connectivity index (χ4n) is 2.94. The van der Waals surface area contributed by atoms with Crippen molar-refractivity contribution in [1.82, 2.24) is 25.0 Å². The molecule has 0 spiro atoms. The predicted octanol–water partition coefficient (Wildman–Crippen LogP) is 4.03. The van der Waals surface area contributed by atoms with Crippen LogP contribution in [0, 0.1) is 12.8 Å². The van der Waals surface area contributed by atoms with Gasteiger partial charge in [0.15, 0.2) is 5.82 Å². The number of pyridine rings is 1. The molecular weight excluding hydrogens is 372 g/mol. The third-order valence-electron chi connectivity index (χ3n) is 4.33. The SMILES string of the molecule is Cc1c(C(=O)Nc2nnc(CC(C)C)s2)cnn1-c1ccc2ccccc2n1. The molecule has 4 rings (SSSR count). The zero-order chi connectivity index (χ0) is 19.7. The van der Waals surface area contributed by atoms with Gasteiger partial charge < -0.3 is 0 Å². The normalized spacial score (nSPS) is 11.3. The highest BCUT2D eigenvalue weighted by molar-refractivity contribution is 7.15. The lowest BCUT2D eigenvalue weighted by molar-refractivity contribution is 0.102. The Balaban J connectivity index is 1.57. The van der Waals surface area contributed by atoms with Gasteiger partial charge in [-0.05, 0) is 31.0 Å². The summed E-state index contributed by atoms with van der Waals surface area (Å²) in [5, 5.41) is 17.8. The van der Waals surface area contributed by atoms with Crippen molar-refractivity contribution in [2.75, 3.05) is 5.32 Å². The summed E-state index contributed by atoms with van der Waals surface area (Å²) in [7, 11) is 0. The molecule has 0 saturated heterocycles. The largest absolute Gasteiger partial charge is 0.296 e. The molecule has 7 nitrogen and oxygen atoms in total. The molecule has 0 unspecified atom stereocenters. The first-order chi connectivity index (χ1) is 13.5. The topological polar surface area (TPSA) is 85.6 Å². The molecule has 0 aliphatic rings. The number of hydrogen-bond acceptors (Lipinski definition) is 6. The number of amides is 1. The molecular formula is C20H20N6OS. The summed E-state index contributed by atoms with van der Waals surface area (Å²) in [4.78, 5) is 17.3. The first kappa shape index (κ1) is 18.2. The van der Waals surface area contributed by atoms with E-state index in [1.807, 2.05) is 43.3 Å². The lowest BCUT2D eigenvalue weighted by Gasteiger charge is -2.06. The van der Waals surface area contributed by atoms with Crippen LogP contribution in [0.25, 0.3) is 16.7 Å². The van der Waals surface area contributed by atoms with Gasteiger partial charge in [-0.25, -0.2) is 9.67 Å². The molecule has 3 heterocycles. The first-order valence-electron chi connectivity index (χ1n) is 9.06. The molecule has 142 valence electrons. The summed E-state index contributed by atoms with van der Waals surface area (Å²) < 4.78 is 1.67. The maximum absolute atomic E-state index is 12.7. The van der Waals surface area contributed by atoms with E-state index in [1.54, 1.807) is 10.9 Å². The molecule has 0 aliphatic heterocycles. The Morgan fingerprint density at radius 1 is 1.18 bits per heavy atom. The van der Waals surface area contributed by atoms with Crippen LogP contribution in [0.15, 0.2) is 42.6 Å². The number of rotatable bonds is 5. The van der Waals surface area contributed by atoms with Gasteiger partial charge in [0.25, 0.3) is 5.91 Å². The highest BCUT2D eigenvalue weighted by atomic mass is 32.1. The standard InChI is InChI=1S/C20H20N6OS/c1-12(2)10-18-24-25-20(28-18)23-19(27)15-11-21-26(13(15)3)17-9-8-14-6-4-5-7-16(14)22-17/h4-9,11-12H,10H2,1-3H3,(H,23,25,27). The molecule has 0 bridgehead atoms. The number of para-hydroxylation sites is 1. The fraction of sp³-hybridized carbons (Fsp3) is 0.250. The van der Waals surface area contributed by atoms with Crippen molar-refractivity contribution in [3.63, 3.8) is 0 Å². The van der Waals surface area contributed by atoms with Gasteiger partial charge in [-0.1, -0.05) is 43.4 Å². The number of benzene rings is 1. The number of anilines is 1. The summed E-state index contributed by atoms with van der Waals surface area (Å²) in [5.74, 6) is 0.911. The van der Waals surface area contributed by atoms with Crippen LogP contribution in [0.4, 0.5) is 5.13 Å². The van der Waals surface area contributed by atoms with Crippen molar-refractivity contribution in [2.24, 2.45) is 5.92 Å². The van der Waals surface area contributed by atoms with Crippen molar-refractivity contribution < 1.29 is 4.79 Å². The molecule has 0 fully saturated rings. The van der Waals surface area contributed by atoms with Crippen molar-refractivity contribution in [2.45, 2.75) is 27.2 Å². The summed E-state index contributed by atoms with van der Waals surface area (Å²) in [6, 6.07) is 11.8. The fourth-order valence-corrected chi connectivity index (χ4v) is 3.88. The van der Waals surface area contributed by atoms with E-state index in [0.717, 1.165) is 22.3 Å². The molecule has 1 N–H and O–H groups in total. The third-order valence-corrected chi connectivity index (χ3v) is 5.19. The number of fused-ring (bicyclic) bond motifs is 1. The summed E-state index contributed by atoms with van der Waals surface area (Å²) in [5.41, 5.74) is 2.08. The van der Waals surface area contributed by atoms with Crippen LogP contribution in [0.5, 0.6) is 0 Å². The maximum atomic E-state index is 12.7. The monoisotopic (exact) mass is 392 g/mol. The Labute approximate surface area is 166 Å². The van der Waals surface area contributed by atoms with Crippen LogP contribution in [0.1, 0.15) is 34.9 Å². The average molecular weight is 392 g/mol. The minimum absolute atomic E-state index is 0.253. The molecule has 4 aromatic rings. The lowest BCUT2D eigenvalue weighted by atomic mass is 10.1. The average Bonchev–Trinajstić information content (AvgIpc) is 3.27. The summed E-state index contributed by atoms with van der Waals surface area (Å²) >= 11 is 1.40. The molecule has 0 saturated carbocycles. The second-order valence-electron chi connectivity index (χ2n) is 6.97. The van der Waals surface area contributed by atoms with Gasteiger partial charge in [0.2, 0.25) is 5.13 Å². The molecule has 0 atom stereocenters. The minimum Gasteiger partial charge on any atom is -0.296 e. The second kappa shape index (κ2) is 7.47. The summed E-state index contributed by atoms with van der Waals surface area (Å²) in [6.07, 6.45) is 2.40. The van der Waals surface area contributed by atoms with E-state index in [2.05, 4.69) is 39.4 Å². The van der Waals surface area contributed by atoms with E-state index in [4.69, 9.17) is 0 Å². The lowest BCUT2D eigenvalue weighted by Crippen LogP contribution is -2.13. The third kappa shape index (κ3) is 3.63. The molecule has 0 radical (unpaired) electrons. The van der Waals surface area contributed by atoms with E-state index in [-0.39, 0.29) is 5.91 Å². The van der Waals surface area contributed by atoms with Crippen LogP contribution in [0.2, 0.25) is 0 Å². The van der Waals surface area contributed by atoms with Crippen LogP contribution < -0.4 is 5.32 Å². The van der Waals surface area contributed by atoms with Crippen molar-refractivity contribution in [3.8, 4) is 5.82 Å².